The molecule has 0 aromatic rings. The van der Waals surface area contributed by atoms with E-state index < -0.39 is 0 Å². The average Bonchev–Trinajstić information content (AvgIpc) is 2.40. The number of carbonyl (C=O) groups excluding carboxylic acids is 1. The van der Waals surface area contributed by atoms with Gasteiger partial charge in [-0.2, -0.15) is 0 Å². The molecule has 0 N–H and O–H groups in total. The van der Waals surface area contributed by atoms with Crippen molar-refractivity contribution in [3.63, 3.8) is 0 Å². The van der Waals surface area contributed by atoms with E-state index in [2.05, 4.69) is 53.4 Å². The third-order valence-corrected chi connectivity index (χ3v) is 4.38. The zero-order valence-electron chi connectivity index (χ0n) is 15.7. The van der Waals surface area contributed by atoms with Gasteiger partial charge in [0.25, 0.3) is 0 Å². The predicted octanol–water partition coefficient (Wildman–Crippen LogP) is 5.66. The van der Waals surface area contributed by atoms with Gasteiger partial charge in [-0.1, -0.05) is 67.7 Å². The van der Waals surface area contributed by atoms with Gasteiger partial charge in [0.05, 0.1) is 0 Å². The molecule has 0 aromatic heterocycles. The van der Waals surface area contributed by atoms with Gasteiger partial charge in [-0.15, -0.1) is 0 Å². The molecule has 0 saturated carbocycles. The first-order valence-corrected chi connectivity index (χ1v) is 9.08. The minimum atomic E-state index is 0.0759. The second-order valence-electron chi connectivity index (χ2n) is 7.67. The Bertz CT molecular complexity index is 276. The second kappa shape index (κ2) is 10.2. The number of carbonyl (C=O) groups is 1. The Balaban J connectivity index is 4.91. The van der Waals surface area contributed by atoms with Crippen LogP contribution in [0.1, 0.15) is 93.4 Å². The van der Waals surface area contributed by atoms with E-state index in [1.807, 2.05) is 0 Å². The van der Waals surface area contributed by atoms with Crippen molar-refractivity contribution in [2.75, 3.05) is 6.54 Å². The molecule has 0 saturated heterocycles. The van der Waals surface area contributed by atoms with Crippen LogP contribution in [0.15, 0.2) is 0 Å². The normalized spacial score (nSPS) is 13.5. The molecular weight excluding hydrogens is 258 g/mol. The molecule has 0 aliphatic carbocycles. The average molecular weight is 298 g/mol. The van der Waals surface area contributed by atoms with Gasteiger partial charge in [0, 0.05) is 19.0 Å². The molecule has 0 aromatic carbocycles. The first kappa shape index (κ1) is 20.5. The Morgan fingerprint density at radius 3 is 1.95 bits per heavy atom. The highest BCUT2D eigenvalue weighted by molar-refractivity contribution is 5.77. The van der Waals surface area contributed by atoms with Crippen LogP contribution in [0.2, 0.25) is 0 Å². The molecule has 0 radical (unpaired) electrons. The summed E-state index contributed by atoms with van der Waals surface area (Å²) >= 11 is 0. The summed E-state index contributed by atoms with van der Waals surface area (Å²) in [6.07, 6.45) is 7.76. The van der Waals surface area contributed by atoms with Gasteiger partial charge in [-0.3, -0.25) is 4.79 Å². The molecule has 21 heavy (non-hydrogen) atoms. The first-order valence-electron chi connectivity index (χ1n) is 9.08. The van der Waals surface area contributed by atoms with Crippen molar-refractivity contribution in [1.82, 2.24) is 4.90 Å². The fourth-order valence-corrected chi connectivity index (χ4v) is 2.93. The molecule has 0 heterocycles. The lowest BCUT2D eigenvalue weighted by molar-refractivity contribution is -0.136. The van der Waals surface area contributed by atoms with E-state index in [1.54, 1.807) is 0 Å². The Morgan fingerprint density at radius 1 is 1.00 bits per heavy atom. The van der Waals surface area contributed by atoms with E-state index in [9.17, 15) is 4.79 Å². The van der Waals surface area contributed by atoms with Crippen molar-refractivity contribution < 1.29 is 4.79 Å². The van der Waals surface area contributed by atoms with E-state index in [0.29, 0.717) is 24.3 Å². The van der Waals surface area contributed by atoms with Crippen LogP contribution in [-0.2, 0) is 4.79 Å². The lowest BCUT2D eigenvalue weighted by Gasteiger charge is -2.35. The van der Waals surface area contributed by atoms with E-state index in [-0.39, 0.29) is 5.41 Å². The van der Waals surface area contributed by atoms with E-state index in [1.165, 1.54) is 25.7 Å². The van der Waals surface area contributed by atoms with Gasteiger partial charge >= 0.3 is 0 Å². The van der Waals surface area contributed by atoms with Gasteiger partial charge < -0.3 is 4.90 Å². The second-order valence-corrected chi connectivity index (χ2v) is 7.67. The number of amides is 1. The van der Waals surface area contributed by atoms with Crippen LogP contribution in [-0.4, -0.2) is 23.4 Å². The lowest BCUT2D eigenvalue weighted by Crippen LogP contribution is -2.44. The molecule has 0 aliphatic rings. The van der Waals surface area contributed by atoms with E-state index in [0.717, 1.165) is 19.4 Å². The topological polar surface area (TPSA) is 20.3 Å². The van der Waals surface area contributed by atoms with Crippen LogP contribution in [0.5, 0.6) is 0 Å². The maximum absolute atomic E-state index is 12.8. The van der Waals surface area contributed by atoms with Crippen LogP contribution in [0.3, 0.4) is 0 Å². The summed E-state index contributed by atoms with van der Waals surface area (Å²) in [6, 6.07) is 0.413. The third kappa shape index (κ3) is 8.48. The first-order chi connectivity index (χ1) is 9.78. The number of hydrogen-bond acceptors (Lipinski definition) is 1. The fraction of sp³-hybridized carbons (Fsp3) is 0.947. The van der Waals surface area contributed by atoms with Gasteiger partial charge in [0.1, 0.15) is 0 Å². The van der Waals surface area contributed by atoms with Gasteiger partial charge in [-0.05, 0) is 30.6 Å². The summed E-state index contributed by atoms with van der Waals surface area (Å²) in [7, 11) is 0. The maximum atomic E-state index is 12.8. The van der Waals surface area contributed by atoms with Crippen molar-refractivity contribution in [3.05, 3.63) is 0 Å². The highest BCUT2D eigenvalue weighted by Crippen LogP contribution is 2.24. The zero-order chi connectivity index (χ0) is 16.5. The molecular formula is C19H39NO. The van der Waals surface area contributed by atoms with Crippen molar-refractivity contribution >= 4 is 5.91 Å². The Labute approximate surface area is 133 Å². The Hall–Kier alpha value is -0.530. The van der Waals surface area contributed by atoms with Crippen LogP contribution >= 0.6 is 0 Å². The molecule has 1 amide bonds. The largest absolute Gasteiger partial charge is 0.339 e. The molecule has 0 spiro atoms. The lowest BCUT2D eigenvalue weighted by atomic mass is 9.90. The van der Waals surface area contributed by atoms with Gasteiger partial charge in [-0.25, -0.2) is 0 Å². The molecule has 2 heteroatoms. The van der Waals surface area contributed by atoms with Crippen molar-refractivity contribution in [3.8, 4) is 0 Å². The minimum absolute atomic E-state index is 0.0759. The van der Waals surface area contributed by atoms with Gasteiger partial charge in [0.2, 0.25) is 5.91 Å². The van der Waals surface area contributed by atoms with Crippen molar-refractivity contribution in [1.29, 1.82) is 0 Å². The maximum Gasteiger partial charge on any atom is 0.223 e. The minimum Gasteiger partial charge on any atom is -0.339 e. The number of rotatable bonds is 10. The Morgan fingerprint density at radius 2 is 1.57 bits per heavy atom. The van der Waals surface area contributed by atoms with Crippen LogP contribution in [0, 0.1) is 11.3 Å². The standard InChI is InChI=1S/C19H39NO/c1-8-12-13-16(9-2)15-20(17(10-3)11-4)18(21)14-19(5,6)7/h16-17H,8-15H2,1-7H3. The molecule has 2 nitrogen and oxygen atoms in total. The SMILES string of the molecule is CCCCC(CC)CN(C(=O)CC(C)(C)C)C(CC)CC. The van der Waals surface area contributed by atoms with Gasteiger partial charge in [0.15, 0.2) is 0 Å². The zero-order valence-corrected chi connectivity index (χ0v) is 15.7. The summed E-state index contributed by atoms with van der Waals surface area (Å²) in [4.78, 5) is 15.0. The molecule has 0 fully saturated rings. The fourth-order valence-electron chi connectivity index (χ4n) is 2.93. The third-order valence-electron chi connectivity index (χ3n) is 4.38. The summed E-state index contributed by atoms with van der Waals surface area (Å²) in [5.41, 5.74) is 0.0759. The van der Waals surface area contributed by atoms with Crippen molar-refractivity contribution in [2.45, 2.75) is 99.5 Å². The number of hydrogen-bond donors (Lipinski definition) is 0. The quantitative estimate of drug-likeness (QED) is 0.510. The molecule has 0 bridgehead atoms. The summed E-state index contributed by atoms with van der Waals surface area (Å²) in [5, 5.41) is 0. The van der Waals surface area contributed by atoms with E-state index >= 15 is 0 Å². The molecule has 1 atom stereocenters. The molecule has 126 valence electrons. The highest BCUT2D eigenvalue weighted by Gasteiger charge is 2.27. The smallest absolute Gasteiger partial charge is 0.223 e. The molecule has 0 aliphatic heterocycles. The van der Waals surface area contributed by atoms with Crippen LogP contribution in [0.4, 0.5) is 0 Å². The number of unbranched alkanes of at least 4 members (excludes halogenated alkanes) is 1. The summed E-state index contributed by atoms with van der Waals surface area (Å²) < 4.78 is 0. The van der Waals surface area contributed by atoms with Crippen LogP contribution < -0.4 is 0 Å². The Kier molecular flexibility index (Phi) is 9.98. The highest BCUT2D eigenvalue weighted by atomic mass is 16.2. The molecule has 0 rings (SSSR count). The monoisotopic (exact) mass is 297 g/mol. The molecule has 1 unspecified atom stereocenters. The van der Waals surface area contributed by atoms with E-state index in [4.69, 9.17) is 0 Å². The summed E-state index contributed by atoms with van der Waals surface area (Å²) in [6.45, 7) is 16.4. The predicted molar refractivity (Wildman–Crippen MR) is 93.5 cm³/mol. The number of nitrogens with zero attached hydrogens (tertiary/aromatic N) is 1. The van der Waals surface area contributed by atoms with Crippen LogP contribution in [0.25, 0.3) is 0 Å². The summed E-state index contributed by atoms with van der Waals surface area (Å²) in [5.74, 6) is 1.01. The van der Waals surface area contributed by atoms with Crippen molar-refractivity contribution in [2.24, 2.45) is 11.3 Å².